The Bertz CT molecular complexity index is 2620. The Morgan fingerprint density at radius 2 is 0.830 bits per heavy atom. The first-order valence-electron chi connectivity index (χ1n) is 17.9. The van der Waals surface area contributed by atoms with E-state index in [0.29, 0.717) is 5.82 Å². The lowest BCUT2D eigenvalue weighted by Crippen LogP contribution is -1.97. The molecule has 2 aromatic heterocycles. The van der Waals surface area contributed by atoms with E-state index in [1.54, 1.807) is 0 Å². The molecule has 0 aliphatic heterocycles. The number of hydrogen-bond donors (Lipinski definition) is 0. The third kappa shape index (κ3) is 6.64. The van der Waals surface area contributed by atoms with E-state index in [9.17, 15) is 0 Å². The van der Waals surface area contributed by atoms with Crippen molar-refractivity contribution in [2.75, 3.05) is 0 Å². The normalized spacial score (nSPS) is 11.1. The van der Waals surface area contributed by atoms with Crippen LogP contribution >= 0.6 is 0 Å². The molecule has 0 fully saturated rings. The summed E-state index contributed by atoms with van der Waals surface area (Å²) < 4.78 is 0. The highest BCUT2D eigenvalue weighted by molar-refractivity contribution is 5.98. The van der Waals surface area contributed by atoms with Gasteiger partial charge in [-0.25, -0.2) is 9.97 Å². The third-order valence-electron chi connectivity index (χ3n) is 9.84. The van der Waals surface area contributed by atoms with E-state index >= 15 is 0 Å². The predicted molar refractivity (Wildman–Crippen MR) is 220 cm³/mol. The largest absolute Gasteiger partial charge is 0.261 e. The molecule has 0 radical (unpaired) electrons. The zero-order chi connectivity index (χ0) is 35.6. The third-order valence-corrected chi connectivity index (χ3v) is 9.84. The second kappa shape index (κ2) is 14.0. The summed E-state index contributed by atoms with van der Waals surface area (Å²) in [6, 6.07) is 66.4. The van der Waals surface area contributed by atoms with E-state index in [1.165, 1.54) is 27.5 Å². The molecule has 250 valence electrons. The van der Waals surface area contributed by atoms with Gasteiger partial charge in [0.25, 0.3) is 0 Å². The Hall–Kier alpha value is -6.97. The summed E-state index contributed by atoms with van der Waals surface area (Å²) in [5, 5.41) is 2.42. The molecule has 3 nitrogen and oxygen atoms in total. The molecule has 3 heteroatoms. The fraction of sp³-hybridized carbons (Fsp3) is 0.0200. The minimum absolute atomic E-state index is 0.689. The fourth-order valence-electron chi connectivity index (χ4n) is 6.99. The SMILES string of the molecule is Cc1ccc(-c2ccc(-c3ccc(-c4cc(-c5nc(-c6ccccc6)cc(-c6ccccc6)n5)cc(-c5cccc6ccccc56)c4)cc3)cc2)cn1. The summed E-state index contributed by atoms with van der Waals surface area (Å²) in [4.78, 5) is 14.9. The highest BCUT2D eigenvalue weighted by Gasteiger charge is 2.15. The predicted octanol–water partition coefficient (Wildman–Crippen LogP) is 13.0. The second-order valence-corrected chi connectivity index (χ2v) is 13.4. The van der Waals surface area contributed by atoms with Crippen LogP contribution in [0.4, 0.5) is 0 Å². The monoisotopic (exact) mass is 677 g/mol. The van der Waals surface area contributed by atoms with Gasteiger partial charge in [-0.2, -0.15) is 0 Å². The molecule has 0 aliphatic rings. The van der Waals surface area contributed by atoms with Crippen LogP contribution in [-0.2, 0) is 0 Å². The van der Waals surface area contributed by atoms with E-state index < -0.39 is 0 Å². The summed E-state index contributed by atoms with van der Waals surface area (Å²) in [5.74, 6) is 0.689. The molecule has 0 amide bonds. The van der Waals surface area contributed by atoms with Gasteiger partial charge in [0, 0.05) is 34.1 Å². The van der Waals surface area contributed by atoms with Gasteiger partial charge < -0.3 is 0 Å². The molecule has 7 aromatic carbocycles. The van der Waals surface area contributed by atoms with E-state index in [0.717, 1.165) is 61.6 Å². The molecule has 9 rings (SSSR count). The molecule has 53 heavy (non-hydrogen) atoms. The van der Waals surface area contributed by atoms with Crippen LogP contribution in [0.1, 0.15) is 5.69 Å². The molecular weight excluding hydrogens is 643 g/mol. The average molecular weight is 678 g/mol. The lowest BCUT2D eigenvalue weighted by Gasteiger charge is -2.14. The van der Waals surface area contributed by atoms with E-state index in [2.05, 4.69) is 181 Å². The zero-order valence-electron chi connectivity index (χ0n) is 29.3. The van der Waals surface area contributed by atoms with Crippen molar-refractivity contribution in [1.29, 1.82) is 0 Å². The van der Waals surface area contributed by atoms with Crippen LogP contribution in [0.5, 0.6) is 0 Å². The zero-order valence-corrected chi connectivity index (χ0v) is 29.3. The summed E-state index contributed by atoms with van der Waals surface area (Å²) >= 11 is 0. The van der Waals surface area contributed by atoms with Crippen molar-refractivity contribution in [2.24, 2.45) is 0 Å². The Morgan fingerprint density at radius 1 is 0.340 bits per heavy atom. The number of aryl methyl sites for hydroxylation is 1. The lowest BCUT2D eigenvalue weighted by molar-refractivity contribution is 1.18. The maximum absolute atomic E-state index is 5.20. The van der Waals surface area contributed by atoms with Crippen LogP contribution in [0, 0.1) is 6.92 Å². The van der Waals surface area contributed by atoms with Crippen LogP contribution in [-0.4, -0.2) is 15.0 Å². The number of fused-ring (bicyclic) bond motifs is 1. The summed E-state index contributed by atoms with van der Waals surface area (Å²) in [5.41, 5.74) is 15.0. The van der Waals surface area contributed by atoms with Gasteiger partial charge in [0.15, 0.2) is 5.82 Å². The molecule has 0 atom stereocenters. The molecule has 9 aromatic rings. The molecule has 0 saturated carbocycles. The Balaban J connectivity index is 1.16. The van der Waals surface area contributed by atoms with E-state index in [1.807, 2.05) is 25.3 Å². The standard InChI is InChI=1S/C50H35N3/c1-34-19-20-42(33-51-34)37-25-21-35(22-26-37)36-23-27-38(28-24-36)43-29-44(47-18-10-16-39-11-8-9-17-46(39)47)31-45(30-43)50-52-48(40-12-4-2-5-13-40)32-49(53-50)41-14-6-3-7-15-41/h2-33H,1H3. The molecule has 0 saturated heterocycles. The van der Waals surface area contributed by atoms with Gasteiger partial charge >= 0.3 is 0 Å². The van der Waals surface area contributed by atoms with Crippen molar-refractivity contribution in [1.82, 2.24) is 15.0 Å². The highest BCUT2D eigenvalue weighted by atomic mass is 14.9. The van der Waals surface area contributed by atoms with Crippen LogP contribution in [0.3, 0.4) is 0 Å². The van der Waals surface area contributed by atoms with Crippen LogP contribution in [0.25, 0.3) is 89.2 Å². The number of aromatic nitrogens is 3. The van der Waals surface area contributed by atoms with Crippen molar-refractivity contribution in [2.45, 2.75) is 6.92 Å². The first-order valence-corrected chi connectivity index (χ1v) is 17.9. The average Bonchev–Trinajstić information content (AvgIpc) is 3.24. The maximum Gasteiger partial charge on any atom is 0.160 e. The molecule has 0 unspecified atom stereocenters. The first kappa shape index (κ1) is 32.0. The van der Waals surface area contributed by atoms with Gasteiger partial charge in [0.05, 0.1) is 11.4 Å². The Kier molecular flexibility index (Phi) is 8.43. The minimum atomic E-state index is 0.689. The van der Waals surface area contributed by atoms with Crippen molar-refractivity contribution in [3.8, 4) is 78.4 Å². The van der Waals surface area contributed by atoms with Crippen molar-refractivity contribution < 1.29 is 0 Å². The van der Waals surface area contributed by atoms with Gasteiger partial charge in [-0.05, 0) is 87.0 Å². The van der Waals surface area contributed by atoms with Gasteiger partial charge in [-0.3, -0.25) is 4.98 Å². The Morgan fingerprint density at radius 3 is 1.43 bits per heavy atom. The fourth-order valence-corrected chi connectivity index (χ4v) is 6.99. The number of benzene rings is 7. The molecular formula is C50H35N3. The van der Waals surface area contributed by atoms with Crippen molar-refractivity contribution in [3.63, 3.8) is 0 Å². The molecule has 2 heterocycles. The smallest absolute Gasteiger partial charge is 0.160 e. The van der Waals surface area contributed by atoms with E-state index in [4.69, 9.17) is 9.97 Å². The van der Waals surface area contributed by atoms with Crippen LogP contribution < -0.4 is 0 Å². The number of hydrogen-bond acceptors (Lipinski definition) is 3. The summed E-state index contributed by atoms with van der Waals surface area (Å²) in [6.45, 7) is 2.01. The highest BCUT2D eigenvalue weighted by Crippen LogP contribution is 2.37. The van der Waals surface area contributed by atoms with Gasteiger partial charge in [0.1, 0.15) is 0 Å². The van der Waals surface area contributed by atoms with E-state index in [-0.39, 0.29) is 0 Å². The van der Waals surface area contributed by atoms with Gasteiger partial charge in [-0.1, -0.05) is 158 Å². The first-order chi connectivity index (χ1) is 26.1. The lowest BCUT2D eigenvalue weighted by atomic mass is 9.92. The van der Waals surface area contributed by atoms with Crippen molar-refractivity contribution >= 4 is 10.8 Å². The van der Waals surface area contributed by atoms with Crippen LogP contribution in [0.2, 0.25) is 0 Å². The molecule has 0 N–H and O–H groups in total. The van der Waals surface area contributed by atoms with Gasteiger partial charge in [-0.15, -0.1) is 0 Å². The Labute approximate surface area is 310 Å². The second-order valence-electron chi connectivity index (χ2n) is 13.4. The topological polar surface area (TPSA) is 38.7 Å². The number of rotatable bonds is 7. The number of nitrogens with zero attached hydrogens (tertiary/aromatic N) is 3. The minimum Gasteiger partial charge on any atom is -0.261 e. The van der Waals surface area contributed by atoms with Crippen LogP contribution in [0.15, 0.2) is 194 Å². The number of pyridine rings is 1. The summed E-state index contributed by atoms with van der Waals surface area (Å²) in [7, 11) is 0. The molecule has 0 aliphatic carbocycles. The van der Waals surface area contributed by atoms with Crippen molar-refractivity contribution in [3.05, 3.63) is 200 Å². The quantitative estimate of drug-likeness (QED) is 0.169. The summed E-state index contributed by atoms with van der Waals surface area (Å²) in [6.07, 6.45) is 1.94. The molecule has 0 bridgehead atoms. The van der Waals surface area contributed by atoms with Gasteiger partial charge in [0.2, 0.25) is 0 Å². The molecule has 0 spiro atoms. The maximum atomic E-state index is 5.20.